The summed E-state index contributed by atoms with van der Waals surface area (Å²) < 4.78 is 6.30. The molecule has 1 fully saturated rings. The Morgan fingerprint density at radius 1 is 1.27 bits per heavy atom. The lowest BCUT2D eigenvalue weighted by Gasteiger charge is -2.15. The summed E-state index contributed by atoms with van der Waals surface area (Å²) in [7, 11) is 2.96. The fraction of sp³-hybridized carbons (Fsp3) is 0.333. The first-order valence-corrected chi connectivity index (χ1v) is 8.27. The van der Waals surface area contributed by atoms with Gasteiger partial charge in [-0.1, -0.05) is 6.07 Å². The predicted octanol–water partition coefficient (Wildman–Crippen LogP) is 1.41. The maximum absolute atomic E-state index is 12.6. The number of aryl methyl sites for hydroxylation is 1. The third-order valence-electron chi connectivity index (χ3n) is 4.08. The van der Waals surface area contributed by atoms with Crippen LogP contribution in [0.2, 0.25) is 0 Å². The van der Waals surface area contributed by atoms with E-state index in [9.17, 15) is 14.4 Å². The minimum absolute atomic E-state index is 0.0384. The van der Waals surface area contributed by atoms with Crippen LogP contribution in [-0.2, 0) is 21.4 Å². The highest BCUT2D eigenvalue weighted by atomic mass is 16.5. The molecular weight excluding hydrogens is 336 g/mol. The van der Waals surface area contributed by atoms with Crippen LogP contribution in [0.4, 0.5) is 5.69 Å². The maximum Gasteiger partial charge on any atom is 0.334 e. The summed E-state index contributed by atoms with van der Waals surface area (Å²) in [6.45, 7) is 0. The Morgan fingerprint density at radius 2 is 2.04 bits per heavy atom. The number of carbonyl (C=O) groups excluding carboxylic acids is 3. The van der Waals surface area contributed by atoms with Crippen LogP contribution in [0.1, 0.15) is 34.9 Å². The van der Waals surface area contributed by atoms with Crippen LogP contribution in [0.25, 0.3) is 0 Å². The van der Waals surface area contributed by atoms with Crippen molar-refractivity contribution in [1.82, 2.24) is 15.1 Å². The molecule has 8 nitrogen and oxygen atoms in total. The van der Waals surface area contributed by atoms with Gasteiger partial charge in [-0.3, -0.25) is 14.3 Å². The molecule has 8 heteroatoms. The number of rotatable bonds is 6. The summed E-state index contributed by atoms with van der Waals surface area (Å²) in [5.41, 5.74) is 1.25. The van der Waals surface area contributed by atoms with Crippen molar-refractivity contribution in [2.24, 2.45) is 13.0 Å². The van der Waals surface area contributed by atoms with Gasteiger partial charge in [0.15, 0.2) is 6.04 Å². The molecule has 1 saturated carbocycles. The summed E-state index contributed by atoms with van der Waals surface area (Å²) >= 11 is 0. The molecule has 1 heterocycles. The second kappa shape index (κ2) is 7.38. The minimum Gasteiger partial charge on any atom is -0.467 e. The molecule has 1 atom stereocenters. The number of amides is 2. The normalized spacial score (nSPS) is 14.4. The Bertz CT molecular complexity index is 841. The fourth-order valence-corrected chi connectivity index (χ4v) is 2.50. The van der Waals surface area contributed by atoms with Gasteiger partial charge in [-0.15, -0.1) is 0 Å². The smallest absolute Gasteiger partial charge is 0.334 e. The van der Waals surface area contributed by atoms with Crippen molar-refractivity contribution < 1.29 is 19.1 Å². The first-order chi connectivity index (χ1) is 12.5. The van der Waals surface area contributed by atoms with Crippen molar-refractivity contribution in [3.8, 4) is 0 Å². The second-order valence-electron chi connectivity index (χ2n) is 6.19. The van der Waals surface area contributed by atoms with Gasteiger partial charge in [0.1, 0.15) is 0 Å². The molecule has 1 aliphatic rings. The van der Waals surface area contributed by atoms with Gasteiger partial charge in [-0.25, -0.2) is 4.79 Å². The number of methoxy groups -OCH3 is 1. The van der Waals surface area contributed by atoms with Gasteiger partial charge in [-0.2, -0.15) is 5.10 Å². The highest BCUT2D eigenvalue weighted by molar-refractivity contribution is 5.99. The summed E-state index contributed by atoms with van der Waals surface area (Å²) in [5.74, 6) is -1.05. The maximum atomic E-state index is 12.6. The second-order valence-corrected chi connectivity index (χ2v) is 6.19. The quantitative estimate of drug-likeness (QED) is 0.762. The number of nitrogens with one attached hydrogen (secondary N) is 2. The van der Waals surface area contributed by atoms with Crippen molar-refractivity contribution in [2.45, 2.75) is 18.9 Å². The van der Waals surface area contributed by atoms with Gasteiger partial charge in [0.25, 0.3) is 5.91 Å². The predicted molar refractivity (Wildman–Crippen MR) is 93.2 cm³/mol. The molecule has 2 N–H and O–H groups in total. The average molecular weight is 356 g/mol. The van der Waals surface area contributed by atoms with Crippen molar-refractivity contribution in [1.29, 1.82) is 0 Å². The molecule has 0 saturated heterocycles. The van der Waals surface area contributed by atoms with Gasteiger partial charge in [-0.05, 0) is 37.1 Å². The lowest BCUT2D eigenvalue weighted by molar-refractivity contribution is -0.143. The molecule has 0 radical (unpaired) electrons. The zero-order valence-corrected chi connectivity index (χ0v) is 14.6. The van der Waals surface area contributed by atoms with Crippen molar-refractivity contribution in [2.75, 3.05) is 12.4 Å². The number of aromatic nitrogens is 2. The van der Waals surface area contributed by atoms with Gasteiger partial charge < -0.3 is 15.4 Å². The van der Waals surface area contributed by atoms with E-state index < -0.39 is 17.9 Å². The Kier molecular flexibility index (Phi) is 5.01. The molecule has 0 bridgehead atoms. The number of nitrogens with zero attached hydrogens (tertiary/aromatic N) is 2. The molecule has 3 rings (SSSR count). The number of ether oxygens (including phenoxy) is 1. The Morgan fingerprint density at radius 3 is 2.65 bits per heavy atom. The number of carbonyl (C=O) groups is 3. The SMILES string of the molecule is COC(=O)[C@H](NC(=O)c1cccc(NC(=O)C2CC2)c1)c1ccn(C)n1. The van der Waals surface area contributed by atoms with E-state index in [0.29, 0.717) is 16.9 Å². The number of esters is 1. The zero-order chi connectivity index (χ0) is 18.7. The van der Waals surface area contributed by atoms with E-state index in [1.165, 1.54) is 11.8 Å². The molecule has 2 aromatic rings. The first-order valence-electron chi connectivity index (χ1n) is 8.27. The number of hydrogen-bond acceptors (Lipinski definition) is 5. The zero-order valence-electron chi connectivity index (χ0n) is 14.6. The molecule has 0 spiro atoms. The molecule has 2 amide bonds. The topological polar surface area (TPSA) is 102 Å². The lowest BCUT2D eigenvalue weighted by Crippen LogP contribution is -2.35. The third kappa shape index (κ3) is 4.08. The van der Waals surface area contributed by atoms with Crippen LogP contribution >= 0.6 is 0 Å². The van der Waals surface area contributed by atoms with Gasteiger partial charge in [0.2, 0.25) is 5.91 Å². The summed E-state index contributed by atoms with van der Waals surface area (Å²) in [4.78, 5) is 36.5. The van der Waals surface area contributed by atoms with E-state index in [4.69, 9.17) is 4.74 Å². The molecular formula is C18H20N4O4. The van der Waals surface area contributed by atoms with Crippen LogP contribution in [0.3, 0.4) is 0 Å². The van der Waals surface area contributed by atoms with E-state index in [-0.39, 0.29) is 11.8 Å². The molecule has 1 aliphatic carbocycles. The van der Waals surface area contributed by atoms with Gasteiger partial charge in [0.05, 0.1) is 12.8 Å². The van der Waals surface area contributed by atoms with Crippen molar-refractivity contribution in [3.05, 3.63) is 47.8 Å². The minimum atomic E-state index is -1.02. The largest absolute Gasteiger partial charge is 0.467 e. The molecule has 1 aromatic carbocycles. The van der Waals surface area contributed by atoms with Crippen molar-refractivity contribution in [3.63, 3.8) is 0 Å². The average Bonchev–Trinajstić information content (AvgIpc) is 3.41. The summed E-state index contributed by atoms with van der Waals surface area (Å²) in [5, 5.41) is 9.58. The van der Waals surface area contributed by atoms with Crippen LogP contribution in [0.5, 0.6) is 0 Å². The third-order valence-corrected chi connectivity index (χ3v) is 4.08. The van der Waals surface area contributed by atoms with E-state index in [1.54, 1.807) is 43.6 Å². The highest BCUT2D eigenvalue weighted by Crippen LogP contribution is 2.30. The first kappa shape index (κ1) is 17.7. The highest BCUT2D eigenvalue weighted by Gasteiger charge is 2.30. The Balaban J connectivity index is 1.74. The molecule has 0 aliphatic heterocycles. The fourth-order valence-electron chi connectivity index (χ4n) is 2.50. The van der Waals surface area contributed by atoms with E-state index in [1.807, 2.05) is 0 Å². The van der Waals surface area contributed by atoms with Crippen LogP contribution < -0.4 is 10.6 Å². The Labute approximate surface area is 150 Å². The number of benzene rings is 1. The van der Waals surface area contributed by atoms with Gasteiger partial charge in [0, 0.05) is 30.4 Å². The van der Waals surface area contributed by atoms with Crippen LogP contribution in [0, 0.1) is 5.92 Å². The standard InChI is InChI=1S/C18H20N4O4/c1-22-9-8-14(21-22)15(18(25)26-2)20-17(24)12-4-3-5-13(10-12)19-16(23)11-6-7-11/h3-5,8-11,15H,6-7H2,1-2H3,(H,19,23)(H,20,24)/t15-/m1/s1. The molecule has 0 unspecified atom stereocenters. The Hall–Kier alpha value is -3.16. The molecule has 136 valence electrons. The number of hydrogen-bond donors (Lipinski definition) is 2. The lowest BCUT2D eigenvalue weighted by atomic mass is 10.1. The summed E-state index contributed by atoms with van der Waals surface area (Å²) in [6.07, 6.45) is 3.47. The van der Waals surface area contributed by atoms with Gasteiger partial charge >= 0.3 is 5.97 Å². The van der Waals surface area contributed by atoms with Crippen molar-refractivity contribution >= 4 is 23.5 Å². The van der Waals surface area contributed by atoms with E-state index >= 15 is 0 Å². The molecule has 1 aromatic heterocycles. The number of anilines is 1. The summed E-state index contributed by atoms with van der Waals surface area (Å²) in [6, 6.07) is 7.18. The monoisotopic (exact) mass is 356 g/mol. The molecule has 26 heavy (non-hydrogen) atoms. The van der Waals surface area contributed by atoms with E-state index in [0.717, 1.165) is 12.8 Å². The van der Waals surface area contributed by atoms with E-state index in [2.05, 4.69) is 15.7 Å². The van der Waals surface area contributed by atoms with Crippen LogP contribution in [-0.4, -0.2) is 34.7 Å². The van der Waals surface area contributed by atoms with Crippen LogP contribution in [0.15, 0.2) is 36.5 Å².